The number of carbonyl (C=O) groups excluding carboxylic acids is 1. The SMILES string of the molecule is O=C(Cc1ccc([N+](=O)[O-])cc1)N1CCN(c2nccn2-c2cccc(Cl)c2)CC1. The van der Waals surface area contributed by atoms with Crippen LogP contribution in [0.4, 0.5) is 11.6 Å². The van der Waals surface area contributed by atoms with E-state index in [9.17, 15) is 14.9 Å². The van der Waals surface area contributed by atoms with Gasteiger partial charge in [-0.1, -0.05) is 29.8 Å². The molecule has 1 saturated heterocycles. The fraction of sp³-hybridized carbons (Fsp3) is 0.238. The molecule has 1 aliphatic rings. The van der Waals surface area contributed by atoms with Crippen LogP contribution in [0.25, 0.3) is 5.69 Å². The van der Waals surface area contributed by atoms with Gasteiger partial charge in [-0.05, 0) is 23.8 Å². The lowest BCUT2D eigenvalue weighted by Gasteiger charge is -2.35. The van der Waals surface area contributed by atoms with E-state index in [-0.39, 0.29) is 18.0 Å². The molecule has 1 fully saturated rings. The maximum atomic E-state index is 12.6. The van der Waals surface area contributed by atoms with Gasteiger partial charge in [-0.25, -0.2) is 4.98 Å². The molecule has 2 heterocycles. The molecule has 30 heavy (non-hydrogen) atoms. The average molecular weight is 426 g/mol. The molecule has 1 aromatic heterocycles. The number of piperazine rings is 1. The standard InChI is InChI=1S/C21H20ClN5O3/c22-17-2-1-3-19(15-17)26-9-8-23-21(26)25-12-10-24(11-13-25)20(28)14-16-4-6-18(7-5-16)27(29)30/h1-9,15H,10-14H2. The summed E-state index contributed by atoms with van der Waals surface area (Å²) in [5.74, 6) is 0.835. The van der Waals surface area contributed by atoms with Crippen LogP contribution in [0.3, 0.4) is 0 Å². The normalized spacial score (nSPS) is 14.0. The van der Waals surface area contributed by atoms with Crippen molar-refractivity contribution in [2.45, 2.75) is 6.42 Å². The summed E-state index contributed by atoms with van der Waals surface area (Å²) in [6.07, 6.45) is 3.88. The third-order valence-electron chi connectivity index (χ3n) is 5.13. The van der Waals surface area contributed by atoms with Crippen LogP contribution in [0.1, 0.15) is 5.56 Å². The van der Waals surface area contributed by atoms with Crippen molar-refractivity contribution in [2.24, 2.45) is 0 Å². The molecular formula is C21H20ClN5O3. The van der Waals surface area contributed by atoms with Crippen LogP contribution in [-0.2, 0) is 11.2 Å². The molecule has 0 saturated carbocycles. The number of hydrogen-bond acceptors (Lipinski definition) is 5. The Balaban J connectivity index is 1.38. The van der Waals surface area contributed by atoms with E-state index in [1.54, 1.807) is 18.3 Å². The minimum Gasteiger partial charge on any atom is -0.339 e. The monoisotopic (exact) mass is 425 g/mol. The lowest BCUT2D eigenvalue weighted by atomic mass is 10.1. The van der Waals surface area contributed by atoms with Gasteiger partial charge in [0.15, 0.2) is 0 Å². The highest BCUT2D eigenvalue weighted by Crippen LogP contribution is 2.22. The van der Waals surface area contributed by atoms with Gasteiger partial charge >= 0.3 is 0 Å². The largest absolute Gasteiger partial charge is 0.339 e. The number of nitro groups is 1. The Kier molecular flexibility index (Phi) is 5.67. The molecule has 0 atom stereocenters. The Morgan fingerprint density at radius 1 is 1.10 bits per heavy atom. The number of halogens is 1. The van der Waals surface area contributed by atoms with E-state index in [0.29, 0.717) is 31.2 Å². The molecule has 3 aromatic rings. The molecule has 2 aromatic carbocycles. The van der Waals surface area contributed by atoms with Gasteiger partial charge in [-0.2, -0.15) is 0 Å². The van der Waals surface area contributed by atoms with E-state index in [1.807, 2.05) is 39.9 Å². The number of anilines is 1. The van der Waals surface area contributed by atoms with Crippen LogP contribution in [0.15, 0.2) is 60.9 Å². The smallest absolute Gasteiger partial charge is 0.269 e. The number of amides is 1. The summed E-state index contributed by atoms with van der Waals surface area (Å²) < 4.78 is 1.99. The number of carbonyl (C=O) groups is 1. The van der Waals surface area contributed by atoms with Crippen molar-refractivity contribution in [1.29, 1.82) is 0 Å². The molecule has 0 bridgehead atoms. The molecule has 0 N–H and O–H groups in total. The van der Waals surface area contributed by atoms with Gasteiger partial charge < -0.3 is 9.80 Å². The van der Waals surface area contributed by atoms with Gasteiger partial charge in [-0.15, -0.1) is 0 Å². The zero-order chi connectivity index (χ0) is 21.1. The van der Waals surface area contributed by atoms with Crippen molar-refractivity contribution in [2.75, 3.05) is 31.1 Å². The second kappa shape index (κ2) is 8.54. The molecule has 9 heteroatoms. The molecule has 0 unspecified atom stereocenters. The van der Waals surface area contributed by atoms with Crippen molar-refractivity contribution in [3.05, 3.63) is 81.6 Å². The number of nitrogens with zero attached hydrogens (tertiary/aromatic N) is 5. The lowest BCUT2D eigenvalue weighted by molar-refractivity contribution is -0.384. The highest BCUT2D eigenvalue weighted by atomic mass is 35.5. The molecule has 154 valence electrons. The zero-order valence-corrected chi connectivity index (χ0v) is 16.9. The van der Waals surface area contributed by atoms with Crippen LogP contribution in [0.2, 0.25) is 5.02 Å². The van der Waals surface area contributed by atoms with E-state index < -0.39 is 4.92 Å². The van der Waals surface area contributed by atoms with Gasteiger partial charge in [0.1, 0.15) is 0 Å². The zero-order valence-electron chi connectivity index (χ0n) is 16.1. The van der Waals surface area contributed by atoms with Gasteiger partial charge in [0, 0.05) is 61.4 Å². The third-order valence-corrected chi connectivity index (χ3v) is 5.36. The van der Waals surface area contributed by atoms with Gasteiger partial charge in [0.2, 0.25) is 11.9 Å². The van der Waals surface area contributed by atoms with Crippen LogP contribution in [0, 0.1) is 10.1 Å². The minimum atomic E-state index is -0.446. The molecule has 8 nitrogen and oxygen atoms in total. The number of benzene rings is 2. The number of non-ortho nitro benzene ring substituents is 1. The van der Waals surface area contributed by atoms with Crippen LogP contribution >= 0.6 is 11.6 Å². The number of hydrogen-bond donors (Lipinski definition) is 0. The Hall–Kier alpha value is -3.39. The highest BCUT2D eigenvalue weighted by molar-refractivity contribution is 6.30. The maximum absolute atomic E-state index is 12.6. The van der Waals surface area contributed by atoms with Crippen LogP contribution in [-0.4, -0.2) is 51.5 Å². The lowest BCUT2D eigenvalue weighted by Crippen LogP contribution is -2.49. The van der Waals surface area contributed by atoms with E-state index in [4.69, 9.17) is 11.6 Å². The summed E-state index contributed by atoms with van der Waals surface area (Å²) in [6, 6.07) is 13.7. The van der Waals surface area contributed by atoms with E-state index in [2.05, 4.69) is 9.88 Å². The molecule has 1 amide bonds. The van der Waals surface area contributed by atoms with Crippen molar-refractivity contribution < 1.29 is 9.72 Å². The van der Waals surface area contributed by atoms with Crippen molar-refractivity contribution in [3.8, 4) is 5.69 Å². The Morgan fingerprint density at radius 2 is 1.83 bits per heavy atom. The summed E-state index contributed by atoms with van der Waals surface area (Å²) in [6.45, 7) is 2.52. The predicted octanol–water partition coefficient (Wildman–Crippen LogP) is 3.33. The fourth-order valence-corrected chi connectivity index (χ4v) is 3.72. The van der Waals surface area contributed by atoms with Gasteiger partial charge in [0.05, 0.1) is 11.3 Å². The van der Waals surface area contributed by atoms with Crippen molar-refractivity contribution in [1.82, 2.24) is 14.5 Å². The molecule has 0 aliphatic carbocycles. The Bertz CT molecular complexity index is 1060. The minimum absolute atomic E-state index is 0.0155. The number of rotatable bonds is 5. The highest BCUT2D eigenvalue weighted by Gasteiger charge is 2.24. The third kappa shape index (κ3) is 4.28. The first kappa shape index (κ1) is 19.9. The maximum Gasteiger partial charge on any atom is 0.269 e. The van der Waals surface area contributed by atoms with E-state index in [1.165, 1.54) is 12.1 Å². The topological polar surface area (TPSA) is 84.5 Å². The summed E-state index contributed by atoms with van der Waals surface area (Å²) in [5.41, 5.74) is 1.73. The fourth-order valence-electron chi connectivity index (χ4n) is 3.53. The number of aromatic nitrogens is 2. The van der Waals surface area contributed by atoms with Crippen LogP contribution < -0.4 is 4.90 Å². The van der Waals surface area contributed by atoms with Gasteiger partial charge in [-0.3, -0.25) is 19.5 Å². The Morgan fingerprint density at radius 3 is 2.50 bits per heavy atom. The van der Waals surface area contributed by atoms with Crippen molar-refractivity contribution in [3.63, 3.8) is 0 Å². The predicted molar refractivity (Wildman–Crippen MR) is 114 cm³/mol. The van der Waals surface area contributed by atoms with Crippen molar-refractivity contribution >= 4 is 29.1 Å². The first-order valence-electron chi connectivity index (χ1n) is 9.56. The molecule has 1 aliphatic heterocycles. The molecule has 4 rings (SSSR count). The summed E-state index contributed by atoms with van der Waals surface area (Å²) >= 11 is 6.12. The number of imidazole rings is 1. The quantitative estimate of drug-likeness (QED) is 0.462. The Labute approximate surface area is 178 Å². The molecular weight excluding hydrogens is 406 g/mol. The first-order chi connectivity index (χ1) is 14.5. The second-order valence-corrected chi connectivity index (χ2v) is 7.48. The number of nitro benzene ring substituents is 1. The van der Waals surface area contributed by atoms with Crippen LogP contribution in [0.5, 0.6) is 0 Å². The summed E-state index contributed by atoms with van der Waals surface area (Å²) in [5, 5.41) is 11.4. The summed E-state index contributed by atoms with van der Waals surface area (Å²) in [4.78, 5) is 31.4. The molecule has 0 radical (unpaired) electrons. The first-order valence-corrected chi connectivity index (χ1v) is 9.94. The second-order valence-electron chi connectivity index (χ2n) is 7.05. The van der Waals surface area contributed by atoms with E-state index >= 15 is 0 Å². The average Bonchev–Trinajstić information content (AvgIpc) is 3.24. The van der Waals surface area contributed by atoms with Gasteiger partial charge in [0.25, 0.3) is 5.69 Å². The molecule has 0 spiro atoms. The van der Waals surface area contributed by atoms with E-state index in [0.717, 1.165) is 17.2 Å². The summed E-state index contributed by atoms with van der Waals surface area (Å²) in [7, 11) is 0.